The summed E-state index contributed by atoms with van der Waals surface area (Å²) in [6.45, 7) is 0. The van der Waals surface area contributed by atoms with Crippen LogP contribution >= 0.6 is 0 Å². The number of carbonyl (C=O) groups excluding carboxylic acids is 2. The number of nitrogens with one attached hydrogen (secondary N) is 1. The van der Waals surface area contributed by atoms with E-state index in [1.165, 1.54) is 14.2 Å². The van der Waals surface area contributed by atoms with Gasteiger partial charge in [0.1, 0.15) is 6.04 Å². The fraction of sp³-hybridized carbons (Fsp3) is 0.200. The van der Waals surface area contributed by atoms with E-state index >= 15 is 0 Å². The zero-order valence-corrected chi connectivity index (χ0v) is 16.9. The molecule has 2 atom stereocenters. The molecule has 1 N–H and O–H groups in total. The van der Waals surface area contributed by atoms with Crippen molar-refractivity contribution in [2.45, 2.75) is 18.1 Å². The quantitative estimate of drug-likeness (QED) is 0.638. The Bertz CT molecular complexity index is 1020. The third-order valence-corrected chi connectivity index (χ3v) is 5.54. The Morgan fingerprint density at radius 2 is 1.33 bits per heavy atom. The van der Waals surface area contributed by atoms with Gasteiger partial charge in [0.05, 0.1) is 7.11 Å². The molecule has 0 bridgehead atoms. The van der Waals surface area contributed by atoms with E-state index in [4.69, 9.17) is 9.47 Å². The monoisotopic (exact) mass is 401 g/mol. The summed E-state index contributed by atoms with van der Waals surface area (Å²) >= 11 is 0. The maximum Gasteiger partial charge on any atom is 0.329 e. The van der Waals surface area contributed by atoms with Gasteiger partial charge >= 0.3 is 5.97 Å². The number of benzene rings is 3. The molecule has 3 aromatic carbocycles. The van der Waals surface area contributed by atoms with Gasteiger partial charge in [0.25, 0.3) is 5.91 Å². The van der Waals surface area contributed by atoms with Crippen molar-refractivity contribution in [1.29, 1.82) is 0 Å². The van der Waals surface area contributed by atoms with Crippen LogP contribution in [-0.2, 0) is 19.1 Å². The molecule has 0 fully saturated rings. The van der Waals surface area contributed by atoms with Crippen LogP contribution in [0.25, 0.3) is 11.1 Å². The molecule has 0 saturated carbocycles. The fourth-order valence-corrected chi connectivity index (χ4v) is 4.21. The molecular formula is C25H23NO4. The number of ether oxygens (including phenoxy) is 2. The first-order valence-electron chi connectivity index (χ1n) is 9.80. The van der Waals surface area contributed by atoms with E-state index in [0.29, 0.717) is 5.56 Å². The number of carbonyl (C=O) groups is 2. The van der Waals surface area contributed by atoms with Gasteiger partial charge in [-0.15, -0.1) is 0 Å². The van der Waals surface area contributed by atoms with Crippen molar-refractivity contribution in [3.8, 4) is 11.1 Å². The van der Waals surface area contributed by atoms with E-state index in [1.54, 1.807) is 0 Å². The standard InChI is InChI=1S/C25H23NO4/c1-29-23(16-10-4-3-5-11-16)24(27)26-22(25(28)30-2)21-19-14-8-6-12-17(19)18-13-7-9-15-20(18)21/h3-15,21-23H,1-2H3,(H,26,27)/t22-,23+/m0/s1. The van der Waals surface area contributed by atoms with Gasteiger partial charge < -0.3 is 14.8 Å². The minimum atomic E-state index is -0.881. The van der Waals surface area contributed by atoms with E-state index in [-0.39, 0.29) is 11.8 Å². The predicted molar refractivity (Wildman–Crippen MR) is 114 cm³/mol. The van der Waals surface area contributed by atoms with Crippen molar-refractivity contribution in [2.24, 2.45) is 0 Å². The Morgan fingerprint density at radius 1 is 0.800 bits per heavy atom. The lowest BCUT2D eigenvalue weighted by Crippen LogP contribution is -2.47. The predicted octanol–water partition coefficient (Wildman–Crippen LogP) is 3.84. The Labute approximate surface area is 175 Å². The van der Waals surface area contributed by atoms with E-state index < -0.39 is 18.1 Å². The number of hydrogen-bond acceptors (Lipinski definition) is 4. The topological polar surface area (TPSA) is 64.6 Å². The molecule has 0 spiro atoms. The molecule has 0 heterocycles. The van der Waals surface area contributed by atoms with Crippen LogP contribution in [0.15, 0.2) is 78.9 Å². The molecule has 1 amide bonds. The molecule has 0 radical (unpaired) electrons. The summed E-state index contributed by atoms with van der Waals surface area (Å²) in [5, 5.41) is 2.90. The first-order chi connectivity index (χ1) is 14.7. The van der Waals surface area contributed by atoms with Gasteiger partial charge in [-0.3, -0.25) is 4.79 Å². The number of hydrogen-bond donors (Lipinski definition) is 1. The lowest BCUT2D eigenvalue weighted by molar-refractivity contribution is -0.147. The molecule has 0 saturated heterocycles. The first kappa shape index (κ1) is 19.9. The van der Waals surface area contributed by atoms with Crippen molar-refractivity contribution < 1.29 is 19.1 Å². The van der Waals surface area contributed by atoms with Gasteiger partial charge in [-0.25, -0.2) is 4.79 Å². The highest BCUT2D eigenvalue weighted by atomic mass is 16.5. The maximum absolute atomic E-state index is 13.1. The summed E-state index contributed by atoms with van der Waals surface area (Å²) in [5.41, 5.74) is 4.82. The van der Waals surface area contributed by atoms with E-state index in [2.05, 4.69) is 5.32 Å². The number of rotatable bonds is 6. The maximum atomic E-state index is 13.1. The largest absolute Gasteiger partial charge is 0.467 e. The van der Waals surface area contributed by atoms with Gasteiger partial charge in [-0.2, -0.15) is 0 Å². The zero-order valence-electron chi connectivity index (χ0n) is 16.9. The number of methoxy groups -OCH3 is 2. The van der Waals surface area contributed by atoms with Crippen LogP contribution in [0.5, 0.6) is 0 Å². The lowest BCUT2D eigenvalue weighted by Gasteiger charge is -2.26. The molecule has 0 aliphatic heterocycles. The summed E-state index contributed by atoms with van der Waals surface area (Å²) in [4.78, 5) is 26.0. The fourth-order valence-electron chi connectivity index (χ4n) is 4.21. The van der Waals surface area contributed by atoms with Crippen LogP contribution in [0.3, 0.4) is 0 Å². The smallest absolute Gasteiger partial charge is 0.329 e. The Kier molecular flexibility index (Phi) is 5.63. The molecule has 5 heteroatoms. The highest BCUT2D eigenvalue weighted by Gasteiger charge is 2.40. The average molecular weight is 401 g/mol. The van der Waals surface area contributed by atoms with Crippen LogP contribution in [0.1, 0.15) is 28.7 Å². The molecular weight excluding hydrogens is 378 g/mol. The van der Waals surface area contributed by atoms with Crippen LogP contribution in [0.4, 0.5) is 0 Å². The molecule has 0 aromatic heterocycles. The Balaban J connectivity index is 1.72. The molecule has 0 unspecified atom stereocenters. The van der Waals surface area contributed by atoms with Gasteiger partial charge in [0.2, 0.25) is 0 Å². The Morgan fingerprint density at radius 3 is 1.87 bits per heavy atom. The number of amides is 1. The van der Waals surface area contributed by atoms with Crippen molar-refractivity contribution in [1.82, 2.24) is 5.32 Å². The zero-order chi connectivity index (χ0) is 21.1. The molecule has 5 nitrogen and oxygen atoms in total. The minimum Gasteiger partial charge on any atom is -0.467 e. The second-order valence-electron chi connectivity index (χ2n) is 7.19. The molecule has 3 aromatic rings. The van der Waals surface area contributed by atoms with Crippen molar-refractivity contribution >= 4 is 11.9 Å². The van der Waals surface area contributed by atoms with Crippen LogP contribution < -0.4 is 5.32 Å². The van der Waals surface area contributed by atoms with Crippen LogP contribution in [0.2, 0.25) is 0 Å². The van der Waals surface area contributed by atoms with Crippen LogP contribution in [0, 0.1) is 0 Å². The van der Waals surface area contributed by atoms with Crippen molar-refractivity contribution in [3.05, 3.63) is 95.6 Å². The molecule has 152 valence electrons. The summed E-state index contributed by atoms with van der Waals surface area (Å²) in [6, 6.07) is 24.2. The second-order valence-corrected chi connectivity index (χ2v) is 7.19. The summed E-state index contributed by atoms with van der Waals surface area (Å²) in [7, 11) is 2.81. The minimum absolute atomic E-state index is 0.345. The molecule has 4 rings (SSSR count). The van der Waals surface area contributed by atoms with Gasteiger partial charge in [0, 0.05) is 13.0 Å². The molecule has 1 aliphatic carbocycles. The third-order valence-electron chi connectivity index (χ3n) is 5.54. The van der Waals surface area contributed by atoms with Gasteiger partial charge in [-0.05, 0) is 27.8 Å². The summed E-state index contributed by atoms with van der Waals surface area (Å²) in [6.07, 6.45) is -0.828. The molecule has 30 heavy (non-hydrogen) atoms. The summed E-state index contributed by atoms with van der Waals surface area (Å²) in [5.74, 6) is -1.23. The Hall–Kier alpha value is -3.44. The number of fused-ring (bicyclic) bond motifs is 3. The number of esters is 1. The first-order valence-corrected chi connectivity index (χ1v) is 9.80. The van der Waals surface area contributed by atoms with E-state index in [9.17, 15) is 9.59 Å². The highest BCUT2D eigenvalue weighted by molar-refractivity contribution is 5.91. The van der Waals surface area contributed by atoms with E-state index in [1.807, 2.05) is 78.9 Å². The molecule has 1 aliphatic rings. The average Bonchev–Trinajstić information content (AvgIpc) is 3.12. The SMILES string of the molecule is COC(=O)[C@@H](NC(=O)[C@H](OC)c1ccccc1)C1c2ccccc2-c2ccccc21. The lowest BCUT2D eigenvalue weighted by atomic mass is 9.89. The van der Waals surface area contributed by atoms with Crippen LogP contribution in [-0.4, -0.2) is 32.1 Å². The second kappa shape index (κ2) is 8.51. The van der Waals surface area contributed by atoms with Crippen molar-refractivity contribution in [3.63, 3.8) is 0 Å². The van der Waals surface area contributed by atoms with E-state index in [0.717, 1.165) is 22.3 Å². The highest BCUT2D eigenvalue weighted by Crippen LogP contribution is 2.46. The normalized spacial score (nSPS) is 14.3. The summed E-state index contributed by atoms with van der Waals surface area (Å²) < 4.78 is 10.5. The van der Waals surface area contributed by atoms with Gasteiger partial charge in [0.15, 0.2) is 6.10 Å². The van der Waals surface area contributed by atoms with Crippen molar-refractivity contribution in [2.75, 3.05) is 14.2 Å². The van der Waals surface area contributed by atoms with Gasteiger partial charge in [-0.1, -0.05) is 78.9 Å². The third kappa shape index (κ3) is 3.48.